The van der Waals surface area contributed by atoms with Gasteiger partial charge in [-0.1, -0.05) is 69.2 Å². The molecule has 74 heavy (non-hydrogen) atoms. The fourth-order valence-corrected chi connectivity index (χ4v) is 5.78. The lowest BCUT2D eigenvalue weighted by molar-refractivity contribution is -0.154. The summed E-state index contributed by atoms with van der Waals surface area (Å²) in [5.41, 5.74) is 12.1. The molecule has 0 saturated heterocycles. The quantitative estimate of drug-likeness (QED) is 0.0835. The summed E-state index contributed by atoms with van der Waals surface area (Å²) in [6.45, 7) is 25.7. The zero-order valence-electron chi connectivity index (χ0n) is 43.8. The number of nitrogen functional groups attached to an aromatic ring is 1. The van der Waals surface area contributed by atoms with Crippen molar-refractivity contribution in [3.63, 3.8) is 0 Å². The number of sulfonamides is 3. The average molecular weight is 1130 g/mol. The molecule has 0 radical (unpaired) electrons. The Labute approximate surface area is 442 Å². The summed E-state index contributed by atoms with van der Waals surface area (Å²) in [6.07, 6.45) is 6.49. The molecule has 0 aromatic carbocycles. The number of primary sulfonamides is 3. The first kappa shape index (κ1) is 76.3. The van der Waals surface area contributed by atoms with Crippen molar-refractivity contribution < 1.29 is 43.2 Å². The zero-order chi connectivity index (χ0) is 58.9. The molecular formula is C46H70ClN13O10S4. The molecular weight excluding hydrogens is 1060 g/mol. The number of nitrogens with zero attached hydrogens (tertiary/aromatic N) is 8. The smallest absolute Gasteiger partial charge is 0.306 e. The molecule has 0 atom stereocenters. The van der Waals surface area contributed by atoms with Crippen molar-refractivity contribution in [2.45, 2.75) is 135 Å². The molecule has 0 bridgehead atoms. The third-order valence-corrected chi connectivity index (χ3v) is 10.7. The molecule has 5 heterocycles. The maximum absolute atomic E-state index is 11.5. The van der Waals surface area contributed by atoms with Gasteiger partial charge in [-0.25, -0.2) is 64.0 Å². The van der Waals surface area contributed by atoms with Gasteiger partial charge in [0.2, 0.25) is 30.1 Å². The van der Waals surface area contributed by atoms with E-state index in [1.807, 2.05) is 75.3 Å². The molecule has 0 amide bonds. The predicted molar refractivity (Wildman–Crippen MR) is 286 cm³/mol. The van der Waals surface area contributed by atoms with E-state index in [-0.39, 0.29) is 49.9 Å². The van der Waals surface area contributed by atoms with Crippen LogP contribution >= 0.6 is 10.7 Å². The van der Waals surface area contributed by atoms with Gasteiger partial charge in [-0.3, -0.25) is 14.8 Å². The molecule has 410 valence electrons. The number of aryl methyl sites for hydroxylation is 1. The topological polar surface area (TPSA) is 429 Å². The lowest BCUT2D eigenvalue weighted by Crippen LogP contribution is -2.24. The number of ether oxygens (including phenoxy) is 1. The number of aromatic nitrogens is 5. The zero-order valence-corrected chi connectivity index (χ0v) is 47.9. The second kappa shape index (κ2) is 40.8. The molecule has 28 heteroatoms. The summed E-state index contributed by atoms with van der Waals surface area (Å²) in [5, 5.41) is 39.6. The molecule has 0 fully saturated rings. The molecule has 5 aromatic heterocycles. The van der Waals surface area contributed by atoms with E-state index < -0.39 is 44.7 Å². The largest absolute Gasteiger partial charge is 0.460 e. The first-order chi connectivity index (χ1) is 34.5. The normalized spacial score (nSPS) is 9.88. The Morgan fingerprint density at radius 1 is 0.541 bits per heavy atom. The van der Waals surface area contributed by atoms with Crippen LogP contribution in [0.15, 0.2) is 111 Å². The van der Waals surface area contributed by atoms with Gasteiger partial charge in [-0.15, -0.1) is 0 Å². The molecule has 0 spiro atoms. The number of nitrogens with two attached hydrogens (primary N) is 5. The molecule has 5 rings (SSSR count). The molecule has 0 aliphatic carbocycles. The molecule has 5 aromatic rings. The summed E-state index contributed by atoms with van der Waals surface area (Å²) in [5.74, 6) is 0.124. The van der Waals surface area contributed by atoms with Gasteiger partial charge in [0.15, 0.2) is 0 Å². The number of carbonyl (C=O) groups excluding carboxylic acids is 1. The first-order valence-electron chi connectivity index (χ1n) is 22.2. The minimum absolute atomic E-state index is 0.000278. The van der Waals surface area contributed by atoms with Crippen LogP contribution in [0.25, 0.3) is 0 Å². The highest BCUT2D eigenvalue weighted by Crippen LogP contribution is 2.13. The fraction of sp³-hybridized carbons (Fsp3) is 0.370. The summed E-state index contributed by atoms with van der Waals surface area (Å²) < 4.78 is 91.4. The third-order valence-electron chi connectivity index (χ3n) is 6.69. The number of nitriles is 3. The second-order valence-electron chi connectivity index (χ2n) is 12.9. The van der Waals surface area contributed by atoms with E-state index in [4.69, 9.17) is 58.1 Å². The molecule has 0 unspecified atom stereocenters. The van der Waals surface area contributed by atoms with Gasteiger partial charge < -0.3 is 16.2 Å². The lowest BCUT2D eigenvalue weighted by atomic mass is 10.2. The SMILES string of the molecule is CC.CC.CC.CC.CC.CC(C)(C)OC(=O)CCc1ccc(S(N)(=O)=O)cn1.N#Cc1ccc(N)nc1.N#Cc1ccc(S(=O)(=O)Cl)cn1.N#Cc1ccc(S(N)(=O)=O)cn1.NCc1ccc(S(N)(=O)=O)cn1. The maximum Gasteiger partial charge on any atom is 0.306 e. The van der Waals surface area contributed by atoms with E-state index in [1.54, 1.807) is 45.0 Å². The van der Waals surface area contributed by atoms with Crippen LogP contribution in [0, 0.1) is 34.0 Å². The fourth-order valence-electron chi connectivity index (χ4n) is 3.73. The van der Waals surface area contributed by atoms with Crippen molar-refractivity contribution in [2.24, 2.45) is 21.2 Å². The highest BCUT2D eigenvalue weighted by atomic mass is 35.7. The van der Waals surface area contributed by atoms with Crippen molar-refractivity contribution in [2.75, 3.05) is 5.73 Å². The van der Waals surface area contributed by atoms with Crippen LogP contribution in [0.4, 0.5) is 5.82 Å². The predicted octanol–water partition coefficient (Wildman–Crippen LogP) is 6.34. The Kier molecular flexibility index (Phi) is 42.1. The van der Waals surface area contributed by atoms with Gasteiger partial charge in [0.05, 0.1) is 17.7 Å². The standard InChI is InChI=1S/C12H18N2O4S.C6H3ClN2O2S.C6H9N3O2S.C6H5N3O2S.C6H5N3.5C2H6/c1-12(2,3)18-11(15)7-5-9-4-6-10(8-14-9)19(13,16)17;7-12(10,11)6-2-1-5(3-8)9-4-6;2*7-3-5-1-2-6(4-9-5)12(8,10)11;7-3-5-1-2-6(8)9-4-5;5*1-2/h4,6,8H,5,7H2,1-3H3,(H2,13,16,17);1-2,4H;1-2,4H,3,7H2,(H2,8,10,11);1-2,4H,(H2,8,10,11);1-2,4H,(H2,8,9);5*1-2H3. The number of carbonyl (C=O) groups is 1. The van der Waals surface area contributed by atoms with Gasteiger partial charge in [-0.05, 0) is 81.4 Å². The van der Waals surface area contributed by atoms with Crippen molar-refractivity contribution in [3.05, 3.63) is 120 Å². The van der Waals surface area contributed by atoms with Crippen molar-refractivity contribution >= 4 is 61.6 Å². The van der Waals surface area contributed by atoms with E-state index in [1.165, 1.54) is 67.1 Å². The van der Waals surface area contributed by atoms with Gasteiger partial charge in [0, 0.05) is 60.3 Å². The van der Waals surface area contributed by atoms with Crippen LogP contribution in [0.3, 0.4) is 0 Å². The van der Waals surface area contributed by atoms with Crippen LogP contribution < -0.4 is 26.9 Å². The molecule has 23 nitrogen and oxygen atoms in total. The number of hydrogen-bond acceptors (Lipinski definition) is 20. The highest BCUT2D eigenvalue weighted by molar-refractivity contribution is 8.13. The van der Waals surface area contributed by atoms with Crippen molar-refractivity contribution in [1.82, 2.24) is 24.9 Å². The number of esters is 1. The molecule has 0 aliphatic rings. The Morgan fingerprint density at radius 2 is 0.905 bits per heavy atom. The number of anilines is 1. The monoisotopic (exact) mass is 1130 g/mol. The van der Waals surface area contributed by atoms with Crippen LogP contribution in [0.5, 0.6) is 0 Å². The van der Waals surface area contributed by atoms with Crippen LogP contribution in [-0.4, -0.2) is 70.2 Å². The Morgan fingerprint density at radius 3 is 1.16 bits per heavy atom. The van der Waals surface area contributed by atoms with E-state index in [0.29, 0.717) is 29.2 Å². The van der Waals surface area contributed by atoms with E-state index in [9.17, 15) is 38.5 Å². The second-order valence-corrected chi connectivity index (χ2v) is 20.1. The highest BCUT2D eigenvalue weighted by Gasteiger charge is 2.16. The van der Waals surface area contributed by atoms with Gasteiger partial charge in [-0.2, -0.15) is 15.8 Å². The van der Waals surface area contributed by atoms with Gasteiger partial charge in [0.25, 0.3) is 9.05 Å². The number of halogens is 1. The van der Waals surface area contributed by atoms with E-state index in [2.05, 4.69) is 24.9 Å². The van der Waals surface area contributed by atoms with Crippen molar-refractivity contribution in [3.8, 4) is 18.2 Å². The molecule has 10 N–H and O–H groups in total. The summed E-state index contributed by atoms with van der Waals surface area (Å²) in [6, 6.07) is 19.5. The maximum atomic E-state index is 11.5. The molecule has 0 aliphatic heterocycles. The summed E-state index contributed by atoms with van der Waals surface area (Å²) in [7, 11) is -9.78. The van der Waals surface area contributed by atoms with E-state index >= 15 is 0 Å². The van der Waals surface area contributed by atoms with Crippen molar-refractivity contribution in [1.29, 1.82) is 15.8 Å². The minimum Gasteiger partial charge on any atom is -0.460 e. The first-order valence-corrected chi connectivity index (χ1v) is 29.2. The van der Waals surface area contributed by atoms with Crippen LogP contribution in [0.2, 0.25) is 0 Å². The number of rotatable bonds is 8. The Bertz CT molecular complexity index is 2830. The number of pyridine rings is 5. The van der Waals surface area contributed by atoms with Gasteiger partial charge in [0.1, 0.15) is 60.6 Å². The third kappa shape index (κ3) is 37.2. The summed E-state index contributed by atoms with van der Waals surface area (Å²) in [4.78, 5) is 29.8. The minimum atomic E-state index is -3.73. The van der Waals surface area contributed by atoms with Crippen LogP contribution in [-0.2, 0) is 61.6 Å². The summed E-state index contributed by atoms with van der Waals surface area (Å²) >= 11 is 0. The van der Waals surface area contributed by atoms with Crippen LogP contribution in [0.1, 0.15) is 125 Å². The average Bonchev–Trinajstić information content (AvgIpc) is 3.38. The number of hydrogen-bond donors (Lipinski definition) is 5. The lowest BCUT2D eigenvalue weighted by Gasteiger charge is -2.19. The van der Waals surface area contributed by atoms with Gasteiger partial charge >= 0.3 is 5.97 Å². The Balaban J connectivity index is -0.000000261. The Hall–Kier alpha value is -6.58. The molecule has 0 saturated carbocycles. The van der Waals surface area contributed by atoms with E-state index in [0.717, 1.165) is 12.4 Å².